The van der Waals surface area contributed by atoms with Gasteiger partial charge in [-0.05, 0) is 49.2 Å². The molecule has 0 amide bonds. The number of aromatic nitrogens is 3. The molecule has 6 nitrogen and oxygen atoms in total. The zero-order chi connectivity index (χ0) is 25.4. The van der Waals surface area contributed by atoms with Crippen molar-refractivity contribution in [3.63, 3.8) is 0 Å². The van der Waals surface area contributed by atoms with Crippen molar-refractivity contribution in [3.8, 4) is 28.5 Å². The summed E-state index contributed by atoms with van der Waals surface area (Å²) in [4.78, 5) is 4.73. The molecule has 0 radical (unpaired) electrons. The Morgan fingerprint density at radius 1 is 0.946 bits per heavy atom. The Balaban J connectivity index is 1.31. The van der Waals surface area contributed by atoms with Gasteiger partial charge in [-0.1, -0.05) is 83.5 Å². The number of para-hydroxylation sites is 1. The molecule has 5 aromatic rings. The molecular formula is C29H23ClN4O2S. The Bertz CT molecular complexity index is 1590. The summed E-state index contributed by atoms with van der Waals surface area (Å²) in [6.45, 7) is 4.05. The Kier molecular flexibility index (Phi) is 6.32. The molecule has 1 aliphatic rings. The number of nitrogens with zero attached hydrogens (tertiary/aromatic N) is 3. The van der Waals surface area contributed by atoms with Crippen molar-refractivity contribution in [2.75, 3.05) is 5.32 Å². The van der Waals surface area contributed by atoms with E-state index in [1.165, 1.54) is 22.9 Å². The van der Waals surface area contributed by atoms with Gasteiger partial charge in [0.25, 0.3) is 0 Å². The lowest BCUT2D eigenvalue weighted by atomic mass is 10.1. The quantitative estimate of drug-likeness (QED) is 0.233. The fraction of sp³-hybridized carbons (Fsp3) is 0.138. The summed E-state index contributed by atoms with van der Waals surface area (Å²) in [5.41, 5.74) is 6.65. The van der Waals surface area contributed by atoms with E-state index in [9.17, 15) is 0 Å². The number of thioether (sulfide) groups is 1. The van der Waals surface area contributed by atoms with Crippen molar-refractivity contribution in [2.45, 2.75) is 31.0 Å². The van der Waals surface area contributed by atoms with Gasteiger partial charge < -0.3 is 14.5 Å². The van der Waals surface area contributed by atoms with Gasteiger partial charge in [0.15, 0.2) is 11.5 Å². The number of halogens is 1. The Hall–Kier alpha value is -3.81. The molecule has 6 rings (SSSR count). The van der Waals surface area contributed by atoms with E-state index < -0.39 is 6.23 Å². The number of anilines is 1. The van der Waals surface area contributed by atoms with Crippen molar-refractivity contribution in [1.29, 1.82) is 0 Å². The van der Waals surface area contributed by atoms with Crippen molar-refractivity contribution < 1.29 is 9.15 Å². The topological polar surface area (TPSA) is 73.1 Å². The zero-order valence-electron chi connectivity index (χ0n) is 20.2. The van der Waals surface area contributed by atoms with Gasteiger partial charge in [0.1, 0.15) is 5.76 Å². The first-order valence-corrected chi connectivity index (χ1v) is 13.2. The van der Waals surface area contributed by atoms with Gasteiger partial charge in [0.05, 0.1) is 0 Å². The van der Waals surface area contributed by atoms with Crippen LogP contribution in [0.5, 0.6) is 5.88 Å². The first kappa shape index (κ1) is 23.6. The molecule has 3 aromatic carbocycles. The molecule has 0 saturated carbocycles. The van der Waals surface area contributed by atoms with Gasteiger partial charge in [-0.15, -0.1) is 10.2 Å². The predicted molar refractivity (Wildman–Crippen MR) is 147 cm³/mol. The highest BCUT2D eigenvalue weighted by Crippen LogP contribution is 2.40. The van der Waals surface area contributed by atoms with Crippen LogP contribution in [0, 0.1) is 13.8 Å². The van der Waals surface area contributed by atoms with Gasteiger partial charge in [-0.2, -0.15) is 4.98 Å². The van der Waals surface area contributed by atoms with E-state index in [0.29, 0.717) is 33.3 Å². The third-order valence-electron chi connectivity index (χ3n) is 6.16. The fourth-order valence-electron chi connectivity index (χ4n) is 4.06. The normalized spacial score (nSPS) is 14.2. The van der Waals surface area contributed by atoms with E-state index in [1.807, 2.05) is 61.5 Å². The summed E-state index contributed by atoms with van der Waals surface area (Å²) in [5, 5.41) is 13.6. The second-order valence-electron chi connectivity index (χ2n) is 8.88. The van der Waals surface area contributed by atoms with Crippen molar-refractivity contribution in [1.82, 2.24) is 15.2 Å². The van der Waals surface area contributed by atoms with E-state index in [-0.39, 0.29) is 0 Å². The highest BCUT2D eigenvalue weighted by molar-refractivity contribution is 7.98. The molecule has 0 bridgehead atoms. The lowest BCUT2D eigenvalue weighted by Gasteiger charge is -2.16. The molecule has 184 valence electrons. The molecule has 0 fully saturated rings. The molecule has 8 heteroatoms. The summed E-state index contributed by atoms with van der Waals surface area (Å²) in [6.07, 6.45) is -0.608. The van der Waals surface area contributed by atoms with Crippen LogP contribution < -0.4 is 10.1 Å². The van der Waals surface area contributed by atoms with Gasteiger partial charge in [0.2, 0.25) is 17.3 Å². The molecule has 1 aliphatic heterocycles. The summed E-state index contributed by atoms with van der Waals surface area (Å²) < 4.78 is 12.6. The smallest absolute Gasteiger partial charge is 0.247 e. The standard InChI is InChI=1S/C29H23ClN4O2S/c1-17-7-10-19(11-8-17)16-37-29-32-28-26(33-34-29)21-5-3-4-6-23(21)31-27(36-28)25-14-13-24(35-25)20-12-9-18(2)22(30)15-20/h3-15,27,31H,16H2,1-2H3/t27-/m1/s1. The van der Waals surface area contributed by atoms with Gasteiger partial charge >= 0.3 is 0 Å². The van der Waals surface area contributed by atoms with Crippen molar-refractivity contribution in [2.24, 2.45) is 0 Å². The van der Waals surface area contributed by atoms with Gasteiger partial charge in [-0.3, -0.25) is 0 Å². The van der Waals surface area contributed by atoms with Crippen LogP contribution in [0.1, 0.15) is 28.7 Å². The first-order chi connectivity index (χ1) is 18.0. The van der Waals surface area contributed by atoms with E-state index >= 15 is 0 Å². The third kappa shape index (κ3) is 4.92. The number of benzene rings is 3. The lowest BCUT2D eigenvalue weighted by Crippen LogP contribution is -2.16. The molecule has 37 heavy (non-hydrogen) atoms. The molecule has 2 aromatic heterocycles. The summed E-state index contributed by atoms with van der Waals surface area (Å²) >= 11 is 7.86. The van der Waals surface area contributed by atoms with E-state index in [0.717, 1.165) is 28.1 Å². The average molecular weight is 527 g/mol. The molecule has 0 unspecified atom stereocenters. The maximum absolute atomic E-state index is 6.37. The molecule has 0 saturated heterocycles. The number of aryl methyl sites for hydroxylation is 2. The van der Waals surface area contributed by atoms with Crippen LogP contribution in [-0.4, -0.2) is 15.2 Å². The highest BCUT2D eigenvalue weighted by atomic mass is 35.5. The van der Waals surface area contributed by atoms with E-state index in [2.05, 4.69) is 46.7 Å². The molecule has 1 N–H and O–H groups in total. The number of fused-ring (bicyclic) bond motifs is 3. The second kappa shape index (κ2) is 9.92. The third-order valence-corrected chi connectivity index (χ3v) is 7.48. The molecule has 3 heterocycles. The first-order valence-electron chi connectivity index (χ1n) is 11.9. The number of nitrogens with one attached hydrogen (secondary N) is 1. The summed E-state index contributed by atoms with van der Waals surface area (Å²) in [6, 6.07) is 26.0. The monoisotopic (exact) mass is 526 g/mol. The summed E-state index contributed by atoms with van der Waals surface area (Å²) in [5.74, 6) is 2.46. The number of hydrogen-bond acceptors (Lipinski definition) is 7. The minimum Gasteiger partial charge on any atom is -0.455 e. The van der Waals surface area contributed by atoms with Crippen LogP contribution >= 0.6 is 23.4 Å². The average Bonchev–Trinajstić information content (AvgIpc) is 3.34. The van der Waals surface area contributed by atoms with Crippen LogP contribution in [-0.2, 0) is 5.75 Å². The van der Waals surface area contributed by atoms with Crippen LogP contribution in [0.4, 0.5) is 5.69 Å². The number of hydrogen-bond donors (Lipinski definition) is 1. The van der Waals surface area contributed by atoms with Gasteiger partial charge in [-0.25, -0.2) is 0 Å². The minimum atomic E-state index is -0.608. The zero-order valence-corrected chi connectivity index (χ0v) is 21.8. The maximum Gasteiger partial charge on any atom is 0.247 e. The van der Waals surface area contributed by atoms with Crippen molar-refractivity contribution >= 4 is 29.1 Å². The number of rotatable bonds is 5. The van der Waals surface area contributed by atoms with E-state index in [4.69, 9.17) is 25.7 Å². The maximum atomic E-state index is 6.37. The van der Waals surface area contributed by atoms with Crippen LogP contribution in [0.2, 0.25) is 5.02 Å². The lowest BCUT2D eigenvalue weighted by molar-refractivity contribution is 0.196. The fourth-order valence-corrected chi connectivity index (χ4v) is 4.98. The molecule has 0 aliphatic carbocycles. The van der Waals surface area contributed by atoms with Gasteiger partial charge in [0, 0.05) is 27.6 Å². The van der Waals surface area contributed by atoms with E-state index in [1.54, 1.807) is 0 Å². The highest BCUT2D eigenvalue weighted by Gasteiger charge is 2.28. The number of ether oxygens (including phenoxy) is 1. The number of furan rings is 1. The van der Waals surface area contributed by atoms with Crippen LogP contribution in [0.15, 0.2) is 88.4 Å². The Morgan fingerprint density at radius 2 is 1.78 bits per heavy atom. The Labute approximate surface area is 224 Å². The molecular weight excluding hydrogens is 504 g/mol. The molecule has 1 atom stereocenters. The van der Waals surface area contributed by atoms with Crippen LogP contribution in [0.3, 0.4) is 0 Å². The largest absolute Gasteiger partial charge is 0.455 e. The second-order valence-corrected chi connectivity index (χ2v) is 10.2. The van der Waals surface area contributed by atoms with Crippen molar-refractivity contribution in [3.05, 3.63) is 106 Å². The minimum absolute atomic E-state index is 0.403. The molecule has 0 spiro atoms. The predicted octanol–water partition coefficient (Wildman–Crippen LogP) is 7.86. The Morgan fingerprint density at radius 3 is 2.62 bits per heavy atom. The SMILES string of the molecule is Cc1ccc(CSc2nnc3c(n2)O[C@H](c2ccc(-c4ccc(C)c(Cl)c4)o2)Nc2ccccc2-3)cc1. The van der Waals surface area contributed by atoms with Crippen LogP contribution in [0.25, 0.3) is 22.6 Å². The summed E-state index contributed by atoms with van der Waals surface area (Å²) in [7, 11) is 0.